The molecule has 2 heterocycles. The highest BCUT2D eigenvalue weighted by Crippen LogP contribution is 2.37. The topological polar surface area (TPSA) is 49.4 Å². The van der Waals surface area contributed by atoms with Gasteiger partial charge in [-0.15, -0.1) is 11.3 Å². The SMILES string of the molecule is Cc1cc(Cl)ccc1NC1=C(c2cccs2)C(=O)N(c2ccc(F)c(Cl)c2)C1=O. The van der Waals surface area contributed by atoms with Crippen molar-refractivity contribution in [1.82, 2.24) is 0 Å². The third kappa shape index (κ3) is 3.55. The number of nitrogens with one attached hydrogen (secondary N) is 1. The number of benzene rings is 2. The van der Waals surface area contributed by atoms with Gasteiger partial charge >= 0.3 is 0 Å². The Hall–Kier alpha value is -2.67. The van der Waals surface area contributed by atoms with Crippen LogP contribution in [0.15, 0.2) is 59.6 Å². The third-order valence-corrected chi connectivity index (χ3v) is 5.87. The van der Waals surface area contributed by atoms with Crippen LogP contribution < -0.4 is 10.2 Å². The lowest BCUT2D eigenvalue weighted by atomic mass is 10.1. The molecule has 8 heteroatoms. The number of imide groups is 1. The van der Waals surface area contributed by atoms with Crippen molar-refractivity contribution >= 4 is 63.3 Å². The number of thiophene rings is 1. The summed E-state index contributed by atoms with van der Waals surface area (Å²) in [5.41, 5.74) is 2.06. The maximum Gasteiger partial charge on any atom is 0.282 e. The minimum absolute atomic E-state index is 0.142. The molecule has 0 spiro atoms. The molecule has 1 aromatic heterocycles. The molecule has 2 amide bonds. The second-order valence-electron chi connectivity index (χ2n) is 6.36. The molecule has 3 aromatic rings. The molecule has 0 atom stereocenters. The Bertz CT molecular complexity index is 1180. The molecule has 29 heavy (non-hydrogen) atoms. The van der Waals surface area contributed by atoms with Crippen molar-refractivity contribution in [3.05, 3.63) is 85.9 Å². The van der Waals surface area contributed by atoms with Crippen LogP contribution in [-0.2, 0) is 9.59 Å². The number of rotatable bonds is 4. The van der Waals surface area contributed by atoms with Crippen LogP contribution in [0, 0.1) is 12.7 Å². The summed E-state index contributed by atoms with van der Waals surface area (Å²) in [6.45, 7) is 1.85. The smallest absolute Gasteiger partial charge is 0.282 e. The molecule has 4 rings (SSSR count). The lowest BCUT2D eigenvalue weighted by Crippen LogP contribution is -2.32. The van der Waals surface area contributed by atoms with Crippen LogP contribution in [0.5, 0.6) is 0 Å². The molecule has 1 N–H and O–H groups in total. The number of halogens is 3. The first kappa shape index (κ1) is 19.6. The molecule has 0 saturated heterocycles. The summed E-state index contributed by atoms with van der Waals surface area (Å²) in [5, 5.41) is 5.31. The van der Waals surface area contributed by atoms with Crippen LogP contribution in [0.3, 0.4) is 0 Å². The monoisotopic (exact) mass is 446 g/mol. The Morgan fingerprint density at radius 2 is 1.83 bits per heavy atom. The first-order chi connectivity index (χ1) is 13.9. The maximum absolute atomic E-state index is 13.6. The van der Waals surface area contributed by atoms with Crippen molar-refractivity contribution < 1.29 is 14.0 Å². The van der Waals surface area contributed by atoms with Gasteiger partial charge in [-0.1, -0.05) is 29.3 Å². The van der Waals surface area contributed by atoms with Gasteiger partial charge in [0.25, 0.3) is 11.8 Å². The van der Waals surface area contributed by atoms with Crippen molar-refractivity contribution in [1.29, 1.82) is 0 Å². The zero-order valence-corrected chi connectivity index (χ0v) is 17.3. The van der Waals surface area contributed by atoms with Gasteiger partial charge in [0.05, 0.1) is 16.3 Å². The summed E-state index contributed by atoms with van der Waals surface area (Å²) in [6.07, 6.45) is 0. The van der Waals surface area contributed by atoms with Gasteiger partial charge in [-0.25, -0.2) is 9.29 Å². The van der Waals surface area contributed by atoms with Gasteiger partial charge in [-0.05, 0) is 60.3 Å². The first-order valence-electron chi connectivity index (χ1n) is 8.52. The van der Waals surface area contributed by atoms with Gasteiger partial charge in [-0.3, -0.25) is 9.59 Å². The van der Waals surface area contributed by atoms with Crippen molar-refractivity contribution in [2.45, 2.75) is 6.92 Å². The minimum atomic E-state index is -0.629. The van der Waals surface area contributed by atoms with Crippen LogP contribution >= 0.6 is 34.5 Å². The summed E-state index contributed by atoms with van der Waals surface area (Å²) in [5.74, 6) is -1.68. The lowest BCUT2D eigenvalue weighted by molar-refractivity contribution is -0.120. The fourth-order valence-electron chi connectivity index (χ4n) is 3.06. The number of carbonyl (C=O) groups is 2. The molecule has 146 valence electrons. The molecule has 1 aliphatic heterocycles. The number of aryl methyl sites for hydroxylation is 1. The summed E-state index contributed by atoms with van der Waals surface area (Å²) in [4.78, 5) is 28.1. The molecule has 0 unspecified atom stereocenters. The summed E-state index contributed by atoms with van der Waals surface area (Å²) < 4.78 is 13.6. The van der Waals surface area contributed by atoms with E-state index in [-0.39, 0.29) is 22.0 Å². The third-order valence-electron chi connectivity index (χ3n) is 4.46. The quantitative estimate of drug-likeness (QED) is 0.507. The van der Waals surface area contributed by atoms with E-state index in [1.807, 2.05) is 12.3 Å². The largest absolute Gasteiger partial charge is 0.350 e. The van der Waals surface area contributed by atoms with E-state index in [9.17, 15) is 14.0 Å². The highest BCUT2D eigenvalue weighted by molar-refractivity contribution is 7.11. The number of carbonyl (C=O) groups excluding carboxylic acids is 2. The molecular formula is C21H13Cl2FN2O2S. The number of amides is 2. The molecule has 0 fully saturated rings. The highest BCUT2D eigenvalue weighted by Gasteiger charge is 2.41. The van der Waals surface area contributed by atoms with Crippen molar-refractivity contribution in [3.63, 3.8) is 0 Å². The average Bonchev–Trinajstić information content (AvgIpc) is 3.27. The van der Waals surface area contributed by atoms with Gasteiger partial charge in [0.1, 0.15) is 11.5 Å². The fraction of sp³-hybridized carbons (Fsp3) is 0.0476. The Morgan fingerprint density at radius 3 is 2.48 bits per heavy atom. The summed E-state index contributed by atoms with van der Waals surface area (Å²) >= 11 is 13.2. The molecule has 1 aliphatic rings. The summed E-state index contributed by atoms with van der Waals surface area (Å²) in [7, 11) is 0. The van der Waals surface area contributed by atoms with E-state index in [4.69, 9.17) is 23.2 Å². The van der Waals surface area contributed by atoms with Crippen LogP contribution in [-0.4, -0.2) is 11.8 Å². The average molecular weight is 447 g/mol. The first-order valence-corrected chi connectivity index (χ1v) is 10.2. The fourth-order valence-corrected chi connectivity index (χ4v) is 4.23. The second-order valence-corrected chi connectivity index (χ2v) is 8.15. The predicted molar refractivity (Wildman–Crippen MR) is 115 cm³/mol. The van der Waals surface area contributed by atoms with E-state index in [0.717, 1.165) is 16.5 Å². The molecule has 4 nitrogen and oxygen atoms in total. The van der Waals surface area contributed by atoms with Gasteiger partial charge in [-0.2, -0.15) is 0 Å². The molecular weight excluding hydrogens is 434 g/mol. The summed E-state index contributed by atoms with van der Waals surface area (Å²) in [6, 6.07) is 12.5. The Morgan fingerprint density at radius 1 is 1.03 bits per heavy atom. The van der Waals surface area contributed by atoms with Crippen molar-refractivity contribution in [3.8, 4) is 0 Å². The van der Waals surface area contributed by atoms with Crippen LogP contribution in [0.2, 0.25) is 10.0 Å². The van der Waals surface area contributed by atoms with Crippen LogP contribution in [0.4, 0.5) is 15.8 Å². The number of hydrogen-bond acceptors (Lipinski definition) is 4. The van der Waals surface area contributed by atoms with E-state index in [2.05, 4.69) is 5.32 Å². The molecule has 0 saturated carbocycles. The number of nitrogens with zero attached hydrogens (tertiary/aromatic N) is 1. The Labute approximate surface area is 180 Å². The second kappa shape index (κ2) is 7.63. The van der Waals surface area contributed by atoms with E-state index in [1.165, 1.54) is 23.5 Å². The van der Waals surface area contributed by atoms with E-state index in [0.29, 0.717) is 15.6 Å². The Kier molecular flexibility index (Phi) is 5.17. The molecule has 0 aliphatic carbocycles. The Balaban J connectivity index is 1.81. The zero-order chi connectivity index (χ0) is 20.7. The zero-order valence-electron chi connectivity index (χ0n) is 15.0. The lowest BCUT2D eigenvalue weighted by Gasteiger charge is -2.16. The van der Waals surface area contributed by atoms with E-state index >= 15 is 0 Å². The minimum Gasteiger partial charge on any atom is -0.350 e. The van der Waals surface area contributed by atoms with Gasteiger partial charge in [0, 0.05) is 15.6 Å². The molecule has 2 aromatic carbocycles. The van der Waals surface area contributed by atoms with Gasteiger partial charge < -0.3 is 5.32 Å². The maximum atomic E-state index is 13.6. The van der Waals surface area contributed by atoms with Crippen LogP contribution in [0.1, 0.15) is 10.4 Å². The molecule has 0 radical (unpaired) electrons. The van der Waals surface area contributed by atoms with Gasteiger partial charge in [0.15, 0.2) is 0 Å². The number of hydrogen-bond donors (Lipinski definition) is 1. The predicted octanol–water partition coefficient (Wildman–Crippen LogP) is 5.90. The van der Waals surface area contributed by atoms with E-state index in [1.54, 1.807) is 30.3 Å². The normalized spacial score (nSPS) is 14.1. The van der Waals surface area contributed by atoms with Crippen molar-refractivity contribution in [2.75, 3.05) is 10.2 Å². The van der Waals surface area contributed by atoms with Crippen molar-refractivity contribution in [2.24, 2.45) is 0 Å². The highest BCUT2D eigenvalue weighted by atomic mass is 35.5. The number of anilines is 2. The van der Waals surface area contributed by atoms with E-state index < -0.39 is 17.6 Å². The van der Waals surface area contributed by atoms with Gasteiger partial charge in [0.2, 0.25) is 0 Å². The molecule has 0 bridgehead atoms. The van der Waals surface area contributed by atoms with Crippen LogP contribution in [0.25, 0.3) is 5.57 Å². The standard InChI is InChI=1S/C21H13Cl2FN2O2S/c1-11-9-12(22)4-7-16(11)25-19-18(17-3-2-8-29-17)20(27)26(21(19)28)13-5-6-15(24)14(23)10-13/h2-10,25H,1H3.